The molecule has 17 heavy (non-hydrogen) atoms. The fourth-order valence-corrected chi connectivity index (χ4v) is 2.90. The Bertz CT molecular complexity index is 433. The molecule has 0 saturated heterocycles. The summed E-state index contributed by atoms with van der Waals surface area (Å²) in [6.45, 7) is 1.68. The van der Waals surface area contributed by atoms with Crippen molar-refractivity contribution in [2.75, 3.05) is 19.8 Å². The van der Waals surface area contributed by atoms with Gasteiger partial charge in [0.2, 0.25) is 0 Å². The van der Waals surface area contributed by atoms with E-state index in [-0.39, 0.29) is 6.61 Å². The number of hydrogen-bond acceptors (Lipinski definition) is 3. The standard InChI is InChI=1S/C13H15BrO3/c14-11-5-8(10-4-9(10)7-15)6-12-13(11)17-3-1-2-16-12/h5-6,9-10,15H,1-4,7H2. The van der Waals surface area contributed by atoms with Gasteiger partial charge in [-0.2, -0.15) is 0 Å². The van der Waals surface area contributed by atoms with Crippen LogP contribution in [0.4, 0.5) is 0 Å². The molecule has 0 radical (unpaired) electrons. The van der Waals surface area contributed by atoms with E-state index in [0.29, 0.717) is 25.0 Å². The van der Waals surface area contributed by atoms with Gasteiger partial charge in [-0.25, -0.2) is 0 Å². The number of benzene rings is 1. The first kappa shape index (κ1) is 11.4. The van der Waals surface area contributed by atoms with E-state index < -0.39 is 0 Å². The zero-order chi connectivity index (χ0) is 11.8. The summed E-state index contributed by atoms with van der Waals surface area (Å²) in [5, 5.41) is 9.12. The average Bonchev–Trinajstić information content (AvgIpc) is 3.12. The molecule has 2 atom stereocenters. The Morgan fingerprint density at radius 2 is 2.12 bits per heavy atom. The molecule has 2 unspecified atom stereocenters. The van der Waals surface area contributed by atoms with Crippen LogP contribution in [0.15, 0.2) is 16.6 Å². The van der Waals surface area contributed by atoms with Gasteiger partial charge in [-0.1, -0.05) is 0 Å². The first-order valence-corrected chi connectivity index (χ1v) is 6.79. The van der Waals surface area contributed by atoms with Crippen LogP contribution in [-0.4, -0.2) is 24.9 Å². The molecule has 1 aromatic carbocycles. The van der Waals surface area contributed by atoms with Gasteiger partial charge in [-0.3, -0.25) is 0 Å². The van der Waals surface area contributed by atoms with Crippen molar-refractivity contribution in [3.05, 3.63) is 22.2 Å². The molecule has 0 amide bonds. The van der Waals surface area contributed by atoms with Crippen molar-refractivity contribution in [2.45, 2.75) is 18.8 Å². The van der Waals surface area contributed by atoms with E-state index in [1.54, 1.807) is 0 Å². The molecule has 1 N–H and O–H groups in total. The van der Waals surface area contributed by atoms with Gasteiger partial charge in [0, 0.05) is 13.0 Å². The molecule has 1 aliphatic carbocycles. The topological polar surface area (TPSA) is 38.7 Å². The van der Waals surface area contributed by atoms with Crippen LogP contribution in [0.1, 0.15) is 24.3 Å². The summed E-state index contributed by atoms with van der Waals surface area (Å²) in [4.78, 5) is 0. The highest BCUT2D eigenvalue weighted by molar-refractivity contribution is 9.10. The summed E-state index contributed by atoms with van der Waals surface area (Å²) < 4.78 is 12.3. The number of rotatable bonds is 2. The van der Waals surface area contributed by atoms with Crippen molar-refractivity contribution in [1.29, 1.82) is 0 Å². The van der Waals surface area contributed by atoms with E-state index in [4.69, 9.17) is 14.6 Å². The maximum absolute atomic E-state index is 9.12. The molecule has 2 aliphatic rings. The molecule has 1 aromatic rings. The lowest BCUT2D eigenvalue weighted by Gasteiger charge is -2.11. The summed E-state index contributed by atoms with van der Waals surface area (Å²) in [6.07, 6.45) is 1.99. The molecule has 3 nitrogen and oxygen atoms in total. The van der Waals surface area contributed by atoms with E-state index in [0.717, 1.165) is 28.8 Å². The maximum atomic E-state index is 9.12. The summed E-state index contributed by atoms with van der Waals surface area (Å²) >= 11 is 3.54. The predicted molar refractivity (Wildman–Crippen MR) is 67.7 cm³/mol. The normalized spacial score (nSPS) is 26.5. The van der Waals surface area contributed by atoms with Crippen molar-refractivity contribution in [3.8, 4) is 11.5 Å². The number of aliphatic hydroxyl groups is 1. The van der Waals surface area contributed by atoms with Crippen LogP contribution in [0.5, 0.6) is 11.5 Å². The van der Waals surface area contributed by atoms with E-state index in [2.05, 4.69) is 28.1 Å². The molecule has 4 heteroatoms. The molecule has 3 rings (SSSR count). The van der Waals surface area contributed by atoms with Crippen LogP contribution in [0.3, 0.4) is 0 Å². The monoisotopic (exact) mass is 298 g/mol. The van der Waals surface area contributed by atoms with Gasteiger partial charge < -0.3 is 14.6 Å². The van der Waals surface area contributed by atoms with Gasteiger partial charge in [-0.05, 0) is 51.9 Å². The zero-order valence-corrected chi connectivity index (χ0v) is 11.1. The first-order chi connectivity index (χ1) is 8.29. The highest BCUT2D eigenvalue weighted by atomic mass is 79.9. The third-order valence-electron chi connectivity index (χ3n) is 3.41. The zero-order valence-electron chi connectivity index (χ0n) is 9.49. The minimum absolute atomic E-state index is 0.275. The SMILES string of the molecule is OCC1CC1c1cc(Br)c2c(c1)OCCCO2. The average molecular weight is 299 g/mol. The minimum Gasteiger partial charge on any atom is -0.490 e. The van der Waals surface area contributed by atoms with Crippen LogP contribution in [-0.2, 0) is 0 Å². The van der Waals surface area contributed by atoms with E-state index in [1.165, 1.54) is 5.56 Å². The van der Waals surface area contributed by atoms with Crippen molar-refractivity contribution in [2.24, 2.45) is 5.92 Å². The second-order valence-electron chi connectivity index (χ2n) is 4.67. The molecular formula is C13H15BrO3. The number of hydrogen-bond donors (Lipinski definition) is 1. The second-order valence-corrected chi connectivity index (χ2v) is 5.52. The molecule has 0 bridgehead atoms. The lowest BCUT2D eigenvalue weighted by Crippen LogP contribution is -1.97. The van der Waals surface area contributed by atoms with Crippen LogP contribution in [0, 0.1) is 5.92 Å². The Hall–Kier alpha value is -0.740. The molecule has 1 heterocycles. The first-order valence-electron chi connectivity index (χ1n) is 5.99. The number of fused-ring (bicyclic) bond motifs is 1. The van der Waals surface area contributed by atoms with E-state index >= 15 is 0 Å². The largest absolute Gasteiger partial charge is 0.490 e. The van der Waals surface area contributed by atoms with Crippen molar-refractivity contribution >= 4 is 15.9 Å². The highest BCUT2D eigenvalue weighted by Crippen LogP contribution is 2.50. The van der Waals surface area contributed by atoms with E-state index in [9.17, 15) is 0 Å². The second kappa shape index (κ2) is 4.50. The molecule has 1 fully saturated rings. The van der Waals surface area contributed by atoms with Crippen LogP contribution >= 0.6 is 15.9 Å². The summed E-state index contributed by atoms with van der Waals surface area (Å²) in [5.74, 6) is 2.54. The maximum Gasteiger partial charge on any atom is 0.175 e. The van der Waals surface area contributed by atoms with Crippen LogP contribution in [0.25, 0.3) is 0 Å². The fourth-order valence-electron chi connectivity index (χ4n) is 2.32. The lowest BCUT2D eigenvalue weighted by atomic mass is 10.1. The highest BCUT2D eigenvalue weighted by Gasteiger charge is 2.38. The van der Waals surface area contributed by atoms with Gasteiger partial charge in [0.1, 0.15) is 0 Å². The quantitative estimate of drug-likeness (QED) is 0.912. The van der Waals surface area contributed by atoms with Gasteiger partial charge in [0.05, 0.1) is 17.7 Å². The Kier molecular flexibility index (Phi) is 3.01. The predicted octanol–water partition coefficient (Wildman–Crippen LogP) is 2.71. The summed E-state index contributed by atoms with van der Waals surface area (Å²) in [5.41, 5.74) is 1.24. The van der Waals surface area contributed by atoms with Crippen LogP contribution < -0.4 is 9.47 Å². The van der Waals surface area contributed by atoms with Gasteiger partial charge in [0.15, 0.2) is 11.5 Å². The third kappa shape index (κ3) is 2.16. The molecular weight excluding hydrogens is 284 g/mol. The molecule has 0 aromatic heterocycles. The van der Waals surface area contributed by atoms with Crippen molar-refractivity contribution < 1.29 is 14.6 Å². The number of aliphatic hydroxyl groups excluding tert-OH is 1. The van der Waals surface area contributed by atoms with Gasteiger partial charge >= 0.3 is 0 Å². The Morgan fingerprint density at radius 3 is 2.88 bits per heavy atom. The Balaban J connectivity index is 1.92. The minimum atomic E-state index is 0.275. The van der Waals surface area contributed by atoms with Crippen molar-refractivity contribution in [1.82, 2.24) is 0 Å². The Labute approximate surface area is 109 Å². The lowest BCUT2D eigenvalue weighted by molar-refractivity contribution is 0.274. The number of halogens is 1. The van der Waals surface area contributed by atoms with E-state index in [1.807, 2.05) is 0 Å². The Morgan fingerprint density at radius 1 is 1.29 bits per heavy atom. The van der Waals surface area contributed by atoms with Crippen molar-refractivity contribution in [3.63, 3.8) is 0 Å². The smallest absolute Gasteiger partial charge is 0.175 e. The third-order valence-corrected chi connectivity index (χ3v) is 4.00. The number of ether oxygens (including phenoxy) is 2. The molecule has 92 valence electrons. The van der Waals surface area contributed by atoms with Crippen LogP contribution in [0.2, 0.25) is 0 Å². The summed E-state index contributed by atoms with van der Waals surface area (Å²) in [7, 11) is 0. The fraction of sp³-hybridized carbons (Fsp3) is 0.538. The summed E-state index contributed by atoms with van der Waals surface area (Å²) in [6, 6.07) is 4.15. The molecule has 0 spiro atoms. The molecule has 1 saturated carbocycles. The van der Waals surface area contributed by atoms with Gasteiger partial charge in [0.25, 0.3) is 0 Å². The molecule has 1 aliphatic heterocycles. The van der Waals surface area contributed by atoms with Gasteiger partial charge in [-0.15, -0.1) is 0 Å².